The predicted molar refractivity (Wildman–Crippen MR) is 101 cm³/mol. The van der Waals surface area contributed by atoms with E-state index in [4.69, 9.17) is 18.0 Å². The van der Waals surface area contributed by atoms with Crippen molar-refractivity contribution in [3.63, 3.8) is 0 Å². The van der Waals surface area contributed by atoms with Gasteiger partial charge < -0.3 is 5.73 Å². The SMILES string of the molecule is NC(=S)NN=CC(=Cc1ccc([N+](=O)[O-])s1)c1ccc(Br)cc1. The lowest BCUT2D eigenvalue weighted by Crippen LogP contribution is -2.24. The monoisotopic (exact) mass is 410 g/mol. The Morgan fingerprint density at radius 1 is 1.35 bits per heavy atom. The molecule has 0 spiro atoms. The van der Waals surface area contributed by atoms with Crippen molar-refractivity contribution in [2.24, 2.45) is 10.8 Å². The van der Waals surface area contributed by atoms with Crippen LogP contribution in [0.15, 0.2) is 46.0 Å². The highest BCUT2D eigenvalue weighted by Crippen LogP contribution is 2.28. The first kappa shape index (κ1) is 17.3. The van der Waals surface area contributed by atoms with Crippen LogP contribution in [-0.2, 0) is 0 Å². The lowest BCUT2D eigenvalue weighted by Gasteiger charge is -2.03. The van der Waals surface area contributed by atoms with Gasteiger partial charge in [-0.05, 0) is 42.1 Å². The molecular formula is C14H11BrN4O2S2. The molecule has 0 fully saturated rings. The van der Waals surface area contributed by atoms with Gasteiger partial charge in [-0.1, -0.05) is 39.4 Å². The van der Waals surface area contributed by atoms with Crippen LogP contribution in [0.2, 0.25) is 0 Å². The quantitative estimate of drug-likeness (QED) is 0.338. The summed E-state index contributed by atoms with van der Waals surface area (Å²) in [6, 6.07) is 10.8. The minimum absolute atomic E-state index is 0.0585. The second-order valence-electron chi connectivity index (χ2n) is 4.27. The van der Waals surface area contributed by atoms with Crippen LogP contribution in [0.4, 0.5) is 5.00 Å². The third kappa shape index (κ3) is 5.23. The van der Waals surface area contributed by atoms with Crippen molar-refractivity contribution in [3.8, 4) is 0 Å². The molecule has 3 N–H and O–H groups in total. The van der Waals surface area contributed by atoms with Gasteiger partial charge in [-0.15, -0.1) is 0 Å². The van der Waals surface area contributed by atoms with Gasteiger partial charge in [0.15, 0.2) is 5.11 Å². The summed E-state index contributed by atoms with van der Waals surface area (Å²) in [5.41, 5.74) is 9.49. The molecule has 1 aromatic carbocycles. The van der Waals surface area contributed by atoms with Gasteiger partial charge in [0.25, 0.3) is 0 Å². The number of hydrazone groups is 1. The Morgan fingerprint density at radius 3 is 2.61 bits per heavy atom. The van der Waals surface area contributed by atoms with E-state index < -0.39 is 4.92 Å². The van der Waals surface area contributed by atoms with Crippen molar-refractivity contribution in [1.29, 1.82) is 0 Å². The van der Waals surface area contributed by atoms with E-state index in [1.165, 1.54) is 6.07 Å². The summed E-state index contributed by atoms with van der Waals surface area (Å²) in [6.07, 6.45) is 3.37. The molecular weight excluding hydrogens is 400 g/mol. The third-order valence-electron chi connectivity index (χ3n) is 2.65. The zero-order valence-corrected chi connectivity index (χ0v) is 14.8. The topological polar surface area (TPSA) is 93.5 Å². The lowest BCUT2D eigenvalue weighted by atomic mass is 10.1. The molecule has 2 rings (SSSR count). The molecule has 0 amide bonds. The van der Waals surface area contributed by atoms with Crippen molar-refractivity contribution >= 4 is 67.5 Å². The van der Waals surface area contributed by atoms with E-state index in [-0.39, 0.29) is 10.1 Å². The Labute approximate surface area is 150 Å². The fourth-order valence-electron chi connectivity index (χ4n) is 1.67. The molecule has 1 heterocycles. The maximum Gasteiger partial charge on any atom is 0.324 e. The number of thiocarbonyl (C=S) groups is 1. The highest BCUT2D eigenvalue weighted by atomic mass is 79.9. The van der Waals surface area contributed by atoms with E-state index in [1.807, 2.05) is 30.3 Å². The first-order valence-corrected chi connectivity index (χ1v) is 8.28. The van der Waals surface area contributed by atoms with E-state index in [9.17, 15) is 10.1 Å². The number of rotatable bonds is 5. The molecule has 0 saturated carbocycles. The fraction of sp³-hybridized carbons (Fsp3) is 0. The number of allylic oxidation sites excluding steroid dienone is 1. The smallest absolute Gasteiger partial charge is 0.324 e. The van der Waals surface area contributed by atoms with Crippen LogP contribution in [-0.4, -0.2) is 16.3 Å². The predicted octanol–water partition coefficient (Wildman–Crippen LogP) is 3.78. The molecule has 118 valence electrons. The Morgan fingerprint density at radius 2 is 2.04 bits per heavy atom. The van der Waals surface area contributed by atoms with Gasteiger partial charge in [0, 0.05) is 21.0 Å². The van der Waals surface area contributed by atoms with Gasteiger partial charge in [0.05, 0.1) is 11.1 Å². The Hall–Kier alpha value is -2.10. The van der Waals surface area contributed by atoms with Crippen molar-refractivity contribution in [2.45, 2.75) is 0 Å². The summed E-state index contributed by atoms with van der Waals surface area (Å²) in [5.74, 6) is 0. The molecule has 0 aliphatic carbocycles. The van der Waals surface area contributed by atoms with E-state index in [0.29, 0.717) is 0 Å². The average Bonchev–Trinajstić information content (AvgIpc) is 2.95. The van der Waals surface area contributed by atoms with E-state index in [2.05, 4.69) is 26.5 Å². The highest BCUT2D eigenvalue weighted by Gasteiger charge is 2.09. The summed E-state index contributed by atoms with van der Waals surface area (Å²) in [7, 11) is 0. The molecule has 0 bridgehead atoms. The third-order valence-corrected chi connectivity index (χ3v) is 4.25. The van der Waals surface area contributed by atoms with Crippen LogP contribution < -0.4 is 11.2 Å². The van der Waals surface area contributed by atoms with E-state index >= 15 is 0 Å². The number of hydrogen-bond donors (Lipinski definition) is 2. The van der Waals surface area contributed by atoms with Gasteiger partial charge >= 0.3 is 5.00 Å². The number of halogens is 1. The second-order valence-corrected chi connectivity index (χ2v) is 6.72. The molecule has 6 nitrogen and oxygen atoms in total. The van der Waals surface area contributed by atoms with Crippen LogP contribution >= 0.6 is 39.5 Å². The molecule has 0 saturated heterocycles. The zero-order valence-electron chi connectivity index (χ0n) is 11.6. The maximum absolute atomic E-state index is 10.8. The molecule has 0 unspecified atom stereocenters. The van der Waals surface area contributed by atoms with Gasteiger partial charge in [0.1, 0.15) is 0 Å². The van der Waals surface area contributed by atoms with Crippen LogP contribution in [0.3, 0.4) is 0 Å². The summed E-state index contributed by atoms with van der Waals surface area (Å²) < 4.78 is 0.950. The highest BCUT2D eigenvalue weighted by molar-refractivity contribution is 9.10. The number of nitrogens with two attached hydrogens (primary N) is 1. The van der Waals surface area contributed by atoms with Gasteiger partial charge in [0.2, 0.25) is 0 Å². The van der Waals surface area contributed by atoms with E-state index in [1.54, 1.807) is 12.3 Å². The summed E-state index contributed by atoms with van der Waals surface area (Å²) in [6.45, 7) is 0. The second kappa shape index (κ2) is 7.95. The van der Waals surface area contributed by atoms with Gasteiger partial charge in [-0.3, -0.25) is 15.5 Å². The van der Waals surface area contributed by atoms with E-state index in [0.717, 1.165) is 31.8 Å². The lowest BCUT2D eigenvalue weighted by molar-refractivity contribution is -0.380. The summed E-state index contributed by atoms with van der Waals surface area (Å²) in [4.78, 5) is 11.1. The van der Waals surface area contributed by atoms with Crippen LogP contribution in [0.1, 0.15) is 10.4 Å². The van der Waals surface area contributed by atoms with Crippen LogP contribution in [0, 0.1) is 10.1 Å². The molecule has 1 aromatic heterocycles. The van der Waals surface area contributed by atoms with Crippen molar-refractivity contribution in [2.75, 3.05) is 0 Å². The van der Waals surface area contributed by atoms with Crippen LogP contribution in [0.25, 0.3) is 11.6 Å². The average molecular weight is 411 g/mol. The molecule has 2 aromatic rings. The molecule has 0 atom stereocenters. The fourth-order valence-corrected chi connectivity index (χ4v) is 2.77. The molecule has 23 heavy (non-hydrogen) atoms. The van der Waals surface area contributed by atoms with Crippen molar-refractivity contribution in [1.82, 2.24) is 5.43 Å². The van der Waals surface area contributed by atoms with Gasteiger partial charge in [-0.25, -0.2) is 0 Å². The minimum Gasteiger partial charge on any atom is -0.375 e. The number of nitrogens with zero attached hydrogens (tertiary/aromatic N) is 2. The standard InChI is InChI=1S/C14H11BrN4O2S2/c15-11-3-1-9(2-4-11)10(8-17-18-14(16)22)7-12-5-6-13(23-12)19(20)21/h1-8H,(H3,16,18,22). The Kier molecular flexibility index (Phi) is 5.97. The number of benzene rings is 1. The number of nitro groups is 1. The number of nitrogens with one attached hydrogen (secondary N) is 1. The maximum atomic E-state index is 10.8. The zero-order chi connectivity index (χ0) is 16.8. The summed E-state index contributed by atoms with van der Waals surface area (Å²) >= 11 is 9.17. The first-order chi connectivity index (χ1) is 11.0. The summed E-state index contributed by atoms with van der Waals surface area (Å²) in [5, 5.41) is 14.9. The molecule has 0 radical (unpaired) electrons. The van der Waals surface area contributed by atoms with Gasteiger partial charge in [-0.2, -0.15) is 5.10 Å². The molecule has 0 aliphatic rings. The van der Waals surface area contributed by atoms with Crippen molar-refractivity contribution in [3.05, 3.63) is 61.4 Å². The molecule has 0 aliphatic heterocycles. The molecule has 9 heteroatoms. The Bertz CT molecular complexity index is 784. The Balaban J connectivity index is 2.36. The van der Waals surface area contributed by atoms with Crippen molar-refractivity contribution < 1.29 is 4.92 Å². The normalized spacial score (nSPS) is 11.6. The number of hydrogen-bond acceptors (Lipinski definition) is 5. The first-order valence-electron chi connectivity index (χ1n) is 6.26. The van der Waals surface area contributed by atoms with Crippen LogP contribution in [0.5, 0.6) is 0 Å². The minimum atomic E-state index is -0.413. The number of thiophene rings is 1. The largest absolute Gasteiger partial charge is 0.375 e.